The normalized spacial score (nSPS) is 23.8. The van der Waals surface area contributed by atoms with Crippen LogP contribution in [0.15, 0.2) is 23.8 Å². The van der Waals surface area contributed by atoms with E-state index in [1.54, 1.807) is 12.2 Å². The van der Waals surface area contributed by atoms with Crippen molar-refractivity contribution in [1.82, 2.24) is 5.32 Å². The van der Waals surface area contributed by atoms with Crippen LogP contribution in [0.5, 0.6) is 0 Å². The van der Waals surface area contributed by atoms with Gasteiger partial charge in [0, 0.05) is 5.54 Å². The standard InChI is InChI=1S/C9H14ClNO/c10-6-2-1-3-9(12)4-7-11-8-5-9/h1-3,6,11-12H,4-5,7-8H2/b3-1+,6-2+. The molecule has 1 rings (SSSR count). The van der Waals surface area contributed by atoms with E-state index in [-0.39, 0.29) is 0 Å². The summed E-state index contributed by atoms with van der Waals surface area (Å²) < 4.78 is 0. The van der Waals surface area contributed by atoms with Crippen LogP contribution < -0.4 is 5.32 Å². The van der Waals surface area contributed by atoms with Gasteiger partial charge in [0.05, 0.1) is 5.60 Å². The molecule has 0 radical (unpaired) electrons. The fourth-order valence-electron chi connectivity index (χ4n) is 1.30. The molecule has 1 saturated heterocycles. The van der Waals surface area contributed by atoms with Crippen LogP contribution in [-0.4, -0.2) is 23.8 Å². The minimum absolute atomic E-state index is 0.623. The van der Waals surface area contributed by atoms with Crippen molar-refractivity contribution in [2.75, 3.05) is 13.1 Å². The summed E-state index contributed by atoms with van der Waals surface area (Å²) >= 11 is 5.34. The van der Waals surface area contributed by atoms with Crippen LogP contribution in [0.4, 0.5) is 0 Å². The molecule has 12 heavy (non-hydrogen) atoms. The first-order chi connectivity index (χ1) is 5.77. The lowest BCUT2D eigenvalue weighted by atomic mass is 9.92. The monoisotopic (exact) mass is 187 g/mol. The van der Waals surface area contributed by atoms with Gasteiger partial charge in [-0.3, -0.25) is 0 Å². The fourth-order valence-corrected chi connectivity index (χ4v) is 1.39. The van der Waals surface area contributed by atoms with Crippen molar-refractivity contribution in [3.63, 3.8) is 0 Å². The van der Waals surface area contributed by atoms with E-state index < -0.39 is 5.60 Å². The maximum absolute atomic E-state index is 9.89. The zero-order valence-corrected chi connectivity index (χ0v) is 7.72. The van der Waals surface area contributed by atoms with Crippen molar-refractivity contribution in [3.05, 3.63) is 23.8 Å². The molecular weight excluding hydrogens is 174 g/mol. The third-order valence-corrected chi connectivity index (χ3v) is 2.21. The average Bonchev–Trinajstić information content (AvgIpc) is 2.06. The minimum Gasteiger partial charge on any atom is -0.386 e. The van der Waals surface area contributed by atoms with E-state index in [4.69, 9.17) is 11.6 Å². The van der Waals surface area contributed by atoms with Gasteiger partial charge >= 0.3 is 0 Å². The van der Waals surface area contributed by atoms with Crippen molar-refractivity contribution in [2.45, 2.75) is 18.4 Å². The van der Waals surface area contributed by atoms with Crippen molar-refractivity contribution in [3.8, 4) is 0 Å². The predicted octanol–water partition coefficient (Wildman–Crippen LogP) is 1.41. The summed E-state index contributed by atoms with van der Waals surface area (Å²) in [6.07, 6.45) is 6.87. The molecule has 3 heteroatoms. The summed E-state index contributed by atoms with van der Waals surface area (Å²) in [6, 6.07) is 0. The molecule has 1 heterocycles. The number of rotatable bonds is 2. The molecule has 68 valence electrons. The molecule has 0 amide bonds. The van der Waals surface area contributed by atoms with Crippen LogP contribution >= 0.6 is 11.6 Å². The van der Waals surface area contributed by atoms with Crippen LogP contribution in [0.2, 0.25) is 0 Å². The lowest BCUT2D eigenvalue weighted by Crippen LogP contribution is -2.40. The van der Waals surface area contributed by atoms with Gasteiger partial charge in [0.2, 0.25) is 0 Å². The third-order valence-electron chi connectivity index (χ3n) is 2.06. The van der Waals surface area contributed by atoms with Crippen molar-refractivity contribution in [1.29, 1.82) is 0 Å². The molecule has 1 aliphatic heterocycles. The van der Waals surface area contributed by atoms with Crippen LogP contribution in [0.25, 0.3) is 0 Å². The van der Waals surface area contributed by atoms with E-state index in [9.17, 15) is 5.11 Å². The van der Waals surface area contributed by atoms with Crippen molar-refractivity contribution in [2.24, 2.45) is 0 Å². The molecule has 1 aliphatic rings. The highest BCUT2D eigenvalue weighted by Gasteiger charge is 2.25. The number of hydrogen-bond donors (Lipinski definition) is 2. The number of hydrogen-bond acceptors (Lipinski definition) is 2. The van der Waals surface area contributed by atoms with Crippen LogP contribution in [0.1, 0.15) is 12.8 Å². The van der Waals surface area contributed by atoms with Crippen LogP contribution in [0.3, 0.4) is 0 Å². The fraction of sp³-hybridized carbons (Fsp3) is 0.556. The van der Waals surface area contributed by atoms with E-state index in [0.29, 0.717) is 0 Å². The highest BCUT2D eigenvalue weighted by molar-refractivity contribution is 6.25. The second-order valence-corrected chi connectivity index (χ2v) is 3.28. The molecule has 0 aromatic heterocycles. The van der Waals surface area contributed by atoms with Gasteiger partial charge in [-0.1, -0.05) is 29.8 Å². The molecule has 0 bridgehead atoms. The van der Waals surface area contributed by atoms with Gasteiger partial charge in [0.25, 0.3) is 0 Å². The Labute approximate surface area is 77.9 Å². The Balaban J connectivity index is 2.46. The molecule has 0 spiro atoms. The Morgan fingerprint density at radius 3 is 2.50 bits per heavy atom. The first kappa shape index (κ1) is 9.78. The van der Waals surface area contributed by atoms with Crippen LogP contribution in [-0.2, 0) is 0 Å². The van der Waals surface area contributed by atoms with Crippen molar-refractivity contribution >= 4 is 11.6 Å². The van der Waals surface area contributed by atoms with E-state index in [0.717, 1.165) is 25.9 Å². The molecule has 0 aromatic carbocycles. The molecular formula is C9H14ClNO. The largest absolute Gasteiger partial charge is 0.386 e. The quantitative estimate of drug-likeness (QED) is 0.641. The van der Waals surface area contributed by atoms with E-state index in [1.165, 1.54) is 5.54 Å². The first-order valence-corrected chi connectivity index (χ1v) is 4.58. The Bertz CT molecular complexity index is 183. The Kier molecular flexibility index (Phi) is 3.79. The predicted molar refractivity (Wildman–Crippen MR) is 51.2 cm³/mol. The summed E-state index contributed by atoms with van der Waals surface area (Å²) in [5.74, 6) is 0. The summed E-state index contributed by atoms with van der Waals surface area (Å²) in [7, 11) is 0. The Hall–Kier alpha value is -0.310. The summed E-state index contributed by atoms with van der Waals surface area (Å²) in [6.45, 7) is 1.76. The molecule has 0 unspecified atom stereocenters. The first-order valence-electron chi connectivity index (χ1n) is 4.14. The summed E-state index contributed by atoms with van der Waals surface area (Å²) in [5.41, 5.74) is 0.808. The number of allylic oxidation sites excluding steroid dienone is 2. The van der Waals surface area contributed by atoms with Crippen molar-refractivity contribution < 1.29 is 5.11 Å². The number of nitrogens with one attached hydrogen (secondary N) is 1. The molecule has 0 aromatic rings. The van der Waals surface area contributed by atoms with Gasteiger partial charge in [-0.2, -0.15) is 0 Å². The van der Waals surface area contributed by atoms with Gasteiger partial charge in [-0.15, -0.1) is 0 Å². The van der Waals surface area contributed by atoms with Crippen LogP contribution in [0, 0.1) is 0 Å². The lowest BCUT2D eigenvalue weighted by molar-refractivity contribution is 0.0582. The highest BCUT2D eigenvalue weighted by atomic mass is 35.5. The highest BCUT2D eigenvalue weighted by Crippen LogP contribution is 2.19. The lowest BCUT2D eigenvalue weighted by Gasteiger charge is -2.29. The van der Waals surface area contributed by atoms with E-state index in [2.05, 4.69) is 5.32 Å². The molecule has 0 atom stereocenters. The maximum Gasteiger partial charge on any atom is 0.0854 e. The van der Waals surface area contributed by atoms with Gasteiger partial charge in [0.1, 0.15) is 0 Å². The average molecular weight is 188 g/mol. The SMILES string of the molecule is OC1(/C=C/C=C/Cl)CCNCC1. The topological polar surface area (TPSA) is 32.3 Å². The second-order valence-electron chi connectivity index (χ2n) is 3.03. The number of aliphatic hydroxyl groups is 1. The molecule has 0 aliphatic carbocycles. The minimum atomic E-state index is -0.623. The maximum atomic E-state index is 9.89. The third kappa shape index (κ3) is 2.97. The van der Waals surface area contributed by atoms with Gasteiger partial charge < -0.3 is 10.4 Å². The van der Waals surface area contributed by atoms with Gasteiger partial charge in [-0.25, -0.2) is 0 Å². The van der Waals surface area contributed by atoms with E-state index >= 15 is 0 Å². The zero-order chi connectivity index (χ0) is 8.86. The zero-order valence-electron chi connectivity index (χ0n) is 6.96. The van der Waals surface area contributed by atoms with E-state index in [1.807, 2.05) is 6.08 Å². The molecule has 2 nitrogen and oxygen atoms in total. The second kappa shape index (κ2) is 4.65. The van der Waals surface area contributed by atoms with Gasteiger partial charge in [0.15, 0.2) is 0 Å². The number of piperidine rings is 1. The summed E-state index contributed by atoms with van der Waals surface area (Å²) in [5, 5.41) is 13.1. The number of halogens is 1. The molecule has 1 fully saturated rings. The summed E-state index contributed by atoms with van der Waals surface area (Å²) in [4.78, 5) is 0. The molecule has 0 saturated carbocycles. The molecule has 2 N–H and O–H groups in total. The van der Waals surface area contributed by atoms with Gasteiger partial charge in [-0.05, 0) is 25.9 Å². The Morgan fingerprint density at radius 2 is 1.92 bits per heavy atom. The smallest absolute Gasteiger partial charge is 0.0854 e. The Morgan fingerprint density at radius 1 is 1.25 bits per heavy atom.